The molecular formula is C21H24N4OS2. The lowest BCUT2D eigenvalue weighted by molar-refractivity contribution is -0.127. The molecule has 1 fully saturated rings. The number of aromatic nitrogens is 3. The summed E-state index contributed by atoms with van der Waals surface area (Å²) in [6, 6.07) is 13.0. The normalized spacial score (nSPS) is 13.6. The Hall–Kier alpha value is -2.12. The minimum absolute atomic E-state index is 0.107. The van der Waals surface area contributed by atoms with Crippen LogP contribution in [0.2, 0.25) is 0 Å². The standard InChI is InChI=1S/C21H24N4OS2/c1-15-5-7-16(8-6-15)13-24(2)20(26)14-28-21-23-22-19(25(21)17-9-10-17)12-18-4-3-11-27-18/h3-8,11,17H,9-10,12-14H2,1-2H3. The Morgan fingerprint density at radius 3 is 2.71 bits per heavy atom. The number of carbonyl (C=O) groups excluding carboxylic acids is 1. The lowest BCUT2D eigenvalue weighted by Gasteiger charge is -2.17. The molecule has 4 rings (SSSR count). The van der Waals surface area contributed by atoms with Crippen molar-refractivity contribution in [3.8, 4) is 0 Å². The topological polar surface area (TPSA) is 51.0 Å². The van der Waals surface area contributed by atoms with Gasteiger partial charge in [0.15, 0.2) is 5.16 Å². The fourth-order valence-electron chi connectivity index (χ4n) is 3.09. The number of rotatable bonds is 8. The second kappa shape index (κ2) is 8.49. The summed E-state index contributed by atoms with van der Waals surface area (Å²) in [5, 5.41) is 11.8. The zero-order valence-corrected chi connectivity index (χ0v) is 17.8. The number of thiophene rings is 1. The Morgan fingerprint density at radius 1 is 1.25 bits per heavy atom. The average molecular weight is 413 g/mol. The molecule has 28 heavy (non-hydrogen) atoms. The lowest BCUT2D eigenvalue weighted by atomic mass is 10.1. The van der Waals surface area contributed by atoms with E-state index in [4.69, 9.17) is 0 Å². The first-order chi connectivity index (χ1) is 13.6. The van der Waals surface area contributed by atoms with Crippen LogP contribution in [0.4, 0.5) is 0 Å². The number of benzene rings is 1. The molecular weight excluding hydrogens is 388 g/mol. The summed E-state index contributed by atoms with van der Waals surface area (Å²) < 4.78 is 2.25. The van der Waals surface area contributed by atoms with Crippen LogP contribution in [0.25, 0.3) is 0 Å². The molecule has 0 spiro atoms. The second-order valence-electron chi connectivity index (χ2n) is 7.28. The summed E-state index contributed by atoms with van der Waals surface area (Å²) in [5.41, 5.74) is 2.37. The number of thioether (sulfide) groups is 1. The third-order valence-corrected chi connectivity index (χ3v) is 6.65. The second-order valence-corrected chi connectivity index (χ2v) is 9.25. The summed E-state index contributed by atoms with van der Waals surface area (Å²) >= 11 is 3.24. The van der Waals surface area contributed by atoms with E-state index < -0.39 is 0 Å². The van der Waals surface area contributed by atoms with E-state index in [1.54, 1.807) is 16.2 Å². The van der Waals surface area contributed by atoms with Gasteiger partial charge in [0.2, 0.25) is 5.91 Å². The van der Waals surface area contributed by atoms with Crippen molar-refractivity contribution in [3.63, 3.8) is 0 Å². The van der Waals surface area contributed by atoms with Crippen LogP contribution < -0.4 is 0 Å². The molecule has 0 saturated heterocycles. The highest BCUT2D eigenvalue weighted by molar-refractivity contribution is 7.99. The van der Waals surface area contributed by atoms with Crippen LogP contribution in [0, 0.1) is 6.92 Å². The maximum Gasteiger partial charge on any atom is 0.233 e. The van der Waals surface area contributed by atoms with Gasteiger partial charge in [-0.05, 0) is 36.8 Å². The molecule has 146 valence electrons. The fraction of sp³-hybridized carbons (Fsp3) is 0.381. The number of hydrogen-bond donors (Lipinski definition) is 0. The maximum absolute atomic E-state index is 12.6. The minimum Gasteiger partial charge on any atom is -0.341 e. The maximum atomic E-state index is 12.6. The van der Waals surface area contributed by atoms with E-state index in [1.807, 2.05) is 7.05 Å². The summed E-state index contributed by atoms with van der Waals surface area (Å²) in [4.78, 5) is 15.7. The van der Waals surface area contributed by atoms with E-state index in [0.717, 1.165) is 23.0 Å². The Balaban J connectivity index is 1.38. The molecule has 2 aromatic heterocycles. The molecule has 1 aromatic carbocycles. The number of carbonyl (C=O) groups is 1. The number of nitrogens with zero attached hydrogens (tertiary/aromatic N) is 4. The van der Waals surface area contributed by atoms with Gasteiger partial charge in [-0.15, -0.1) is 21.5 Å². The van der Waals surface area contributed by atoms with Crippen molar-refractivity contribution in [1.82, 2.24) is 19.7 Å². The molecule has 0 atom stereocenters. The summed E-state index contributed by atoms with van der Waals surface area (Å²) in [6.07, 6.45) is 3.15. The molecule has 0 bridgehead atoms. The first kappa shape index (κ1) is 19.2. The average Bonchev–Trinajstić information content (AvgIpc) is 3.24. The quantitative estimate of drug-likeness (QED) is 0.517. The molecule has 1 saturated carbocycles. The van der Waals surface area contributed by atoms with Gasteiger partial charge in [0.1, 0.15) is 5.82 Å². The van der Waals surface area contributed by atoms with E-state index in [9.17, 15) is 4.79 Å². The summed E-state index contributed by atoms with van der Waals surface area (Å²) in [6.45, 7) is 2.69. The van der Waals surface area contributed by atoms with Gasteiger partial charge in [-0.2, -0.15) is 0 Å². The Kier molecular flexibility index (Phi) is 5.82. The number of amides is 1. The minimum atomic E-state index is 0.107. The highest BCUT2D eigenvalue weighted by Crippen LogP contribution is 2.39. The predicted molar refractivity (Wildman–Crippen MR) is 114 cm³/mol. The van der Waals surface area contributed by atoms with Crippen LogP contribution in [0.5, 0.6) is 0 Å². The van der Waals surface area contributed by atoms with Crippen molar-refractivity contribution in [3.05, 3.63) is 63.6 Å². The molecule has 1 aliphatic carbocycles. The molecule has 0 radical (unpaired) electrons. The van der Waals surface area contributed by atoms with E-state index in [2.05, 4.69) is 63.5 Å². The molecule has 3 aromatic rings. The van der Waals surface area contributed by atoms with Crippen molar-refractivity contribution in [1.29, 1.82) is 0 Å². The van der Waals surface area contributed by atoms with E-state index in [1.165, 1.54) is 35.0 Å². The fourth-order valence-corrected chi connectivity index (χ4v) is 4.75. The molecule has 0 aliphatic heterocycles. The van der Waals surface area contributed by atoms with Gasteiger partial charge in [0.25, 0.3) is 0 Å². The largest absolute Gasteiger partial charge is 0.341 e. The van der Waals surface area contributed by atoms with Crippen LogP contribution in [-0.2, 0) is 17.8 Å². The summed E-state index contributed by atoms with van der Waals surface area (Å²) in [7, 11) is 1.86. The van der Waals surface area contributed by atoms with Gasteiger partial charge >= 0.3 is 0 Å². The Morgan fingerprint density at radius 2 is 2.04 bits per heavy atom. The highest BCUT2D eigenvalue weighted by Gasteiger charge is 2.30. The third-order valence-electron chi connectivity index (χ3n) is 4.85. The van der Waals surface area contributed by atoms with E-state index >= 15 is 0 Å². The van der Waals surface area contributed by atoms with Crippen LogP contribution in [-0.4, -0.2) is 38.4 Å². The number of hydrogen-bond acceptors (Lipinski definition) is 5. The van der Waals surface area contributed by atoms with Gasteiger partial charge in [-0.25, -0.2) is 0 Å². The first-order valence-electron chi connectivity index (χ1n) is 9.48. The zero-order valence-electron chi connectivity index (χ0n) is 16.2. The van der Waals surface area contributed by atoms with Crippen LogP contribution >= 0.6 is 23.1 Å². The monoisotopic (exact) mass is 412 g/mol. The molecule has 1 amide bonds. The highest BCUT2D eigenvalue weighted by atomic mass is 32.2. The third kappa shape index (κ3) is 4.64. The molecule has 0 unspecified atom stereocenters. The van der Waals surface area contributed by atoms with Crippen LogP contribution in [0.15, 0.2) is 46.9 Å². The molecule has 5 nitrogen and oxygen atoms in total. The van der Waals surface area contributed by atoms with E-state index in [-0.39, 0.29) is 5.91 Å². The first-order valence-corrected chi connectivity index (χ1v) is 11.3. The molecule has 7 heteroatoms. The van der Waals surface area contributed by atoms with Crippen molar-refractivity contribution in [2.75, 3.05) is 12.8 Å². The van der Waals surface area contributed by atoms with Crippen molar-refractivity contribution in [2.24, 2.45) is 0 Å². The molecule has 1 aliphatic rings. The van der Waals surface area contributed by atoms with Gasteiger partial charge < -0.3 is 9.47 Å². The van der Waals surface area contributed by atoms with Crippen molar-refractivity contribution >= 4 is 29.0 Å². The van der Waals surface area contributed by atoms with Gasteiger partial charge in [0, 0.05) is 30.9 Å². The van der Waals surface area contributed by atoms with Gasteiger partial charge in [-0.3, -0.25) is 4.79 Å². The Bertz CT molecular complexity index is 930. The molecule has 0 N–H and O–H groups in total. The SMILES string of the molecule is Cc1ccc(CN(C)C(=O)CSc2nnc(Cc3cccs3)n2C2CC2)cc1. The number of aryl methyl sites for hydroxylation is 1. The molecule has 2 heterocycles. The van der Waals surface area contributed by atoms with Crippen LogP contribution in [0.3, 0.4) is 0 Å². The smallest absolute Gasteiger partial charge is 0.233 e. The zero-order chi connectivity index (χ0) is 19.5. The van der Waals surface area contributed by atoms with Crippen LogP contribution in [0.1, 0.15) is 40.7 Å². The Labute approximate surface area is 173 Å². The van der Waals surface area contributed by atoms with Gasteiger partial charge in [-0.1, -0.05) is 47.7 Å². The predicted octanol–water partition coefficient (Wildman–Crippen LogP) is 4.32. The lowest BCUT2D eigenvalue weighted by Crippen LogP contribution is -2.27. The van der Waals surface area contributed by atoms with Crippen molar-refractivity contribution in [2.45, 2.75) is 43.9 Å². The van der Waals surface area contributed by atoms with Crippen molar-refractivity contribution < 1.29 is 4.79 Å². The van der Waals surface area contributed by atoms with E-state index in [0.29, 0.717) is 18.3 Å². The summed E-state index contributed by atoms with van der Waals surface area (Å²) in [5.74, 6) is 1.50. The van der Waals surface area contributed by atoms with Gasteiger partial charge in [0.05, 0.1) is 5.75 Å².